The Morgan fingerprint density at radius 1 is 0.686 bits per heavy atom. The van der Waals surface area contributed by atoms with Crippen molar-refractivity contribution in [1.82, 2.24) is 5.43 Å². The van der Waals surface area contributed by atoms with Crippen LogP contribution in [0.4, 0.5) is 17.1 Å². The molecule has 0 aliphatic carbocycles. The molecule has 0 spiro atoms. The summed E-state index contributed by atoms with van der Waals surface area (Å²) in [5.74, 6) is -0.553. The number of phenolic OH excluding ortho intramolecular Hbond substituents is 1. The standard InChI is InChI=1S/C30H23N3O2/c34-29-20-24-10-8-7-9-23(24)19-28(29)30(35)32-31-21-22-15-17-27(18-16-22)33(25-11-3-1-4-12-25)26-13-5-2-6-14-26/h1-21,34H,(H,32,35)/b31-21+. The number of benzene rings is 5. The second-order valence-electron chi connectivity index (χ2n) is 8.01. The quantitative estimate of drug-likeness (QED) is 0.218. The second-order valence-corrected chi connectivity index (χ2v) is 8.01. The van der Waals surface area contributed by atoms with Gasteiger partial charge in [-0.25, -0.2) is 5.43 Å². The van der Waals surface area contributed by atoms with Gasteiger partial charge in [0.25, 0.3) is 5.91 Å². The topological polar surface area (TPSA) is 64.9 Å². The van der Waals surface area contributed by atoms with E-state index in [-0.39, 0.29) is 11.3 Å². The number of rotatable bonds is 6. The van der Waals surface area contributed by atoms with Gasteiger partial charge in [0.15, 0.2) is 0 Å². The lowest BCUT2D eigenvalue weighted by Crippen LogP contribution is -2.17. The third-order valence-electron chi connectivity index (χ3n) is 5.67. The molecule has 5 rings (SSSR count). The van der Waals surface area contributed by atoms with Crippen LogP contribution in [0.5, 0.6) is 5.75 Å². The zero-order chi connectivity index (χ0) is 24.0. The number of nitrogens with zero attached hydrogens (tertiary/aromatic N) is 2. The highest BCUT2D eigenvalue weighted by atomic mass is 16.3. The summed E-state index contributed by atoms with van der Waals surface area (Å²) in [6.45, 7) is 0. The smallest absolute Gasteiger partial charge is 0.275 e. The molecule has 0 saturated carbocycles. The molecule has 35 heavy (non-hydrogen) atoms. The van der Waals surface area contributed by atoms with E-state index in [1.54, 1.807) is 18.3 Å². The van der Waals surface area contributed by atoms with Crippen LogP contribution in [0.15, 0.2) is 126 Å². The lowest BCUT2D eigenvalue weighted by molar-refractivity contribution is 0.0952. The van der Waals surface area contributed by atoms with Crippen molar-refractivity contribution in [2.45, 2.75) is 0 Å². The van der Waals surface area contributed by atoms with Crippen molar-refractivity contribution in [3.63, 3.8) is 0 Å². The number of carbonyl (C=O) groups excluding carboxylic acids is 1. The zero-order valence-electron chi connectivity index (χ0n) is 18.9. The molecule has 170 valence electrons. The Bertz CT molecular complexity index is 1440. The fourth-order valence-corrected chi connectivity index (χ4v) is 3.95. The van der Waals surface area contributed by atoms with E-state index < -0.39 is 5.91 Å². The van der Waals surface area contributed by atoms with Crippen LogP contribution in [0.3, 0.4) is 0 Å². The fraction of sp³-hybridized carbons (Fsp3) is 0. The number of hydrogen-bond acceptors (Lipinski definition) is 4. The predicted molar refractivity (Wildman–Crippen MR) is 142 cm³/mol. The van der Waals surface area contributed by atoms with Crippen LogP contribution >= 0.6 is 0 Å². The Morgan fingerprint density at radius 3 is 1.80 bits per heavy atom. The summed E-state index contributed by atoms with van der Waals surface area (Å²) >= 11 is 0. The average molecular weight is 458 g/mol. The van der Waals surface area contributed by atoms with E-state index in [0.717, 1.165) is 33.4 Å². The number of phenols is 1. The first-order chi connectivity index (χ1) is 17.2. The number of hydrogen-bond donors (Lipinski definition) is 2. The van der Waals surface area contributed by atoms with Gasteiger partial charge in [0, 0.05) is 17.1 Å². The third kappa shape index (κ3) is 4.89. The van der Waals surface area contributed by atoms with Crippen LogP contribution in [-0.4, -0.2) is 17.2 Å². The number of aromatic hydroxyl groups is 1. The molecular formula is C30H23N3O2. The molecule has 2 N–H and O–H groups in total. The third-order valence-corrected chi connectivity index (χ3v) is 5.67. The van der Waals surface area contributed by atoms with E-state index in [1.165, 1.54) is 0 Å². The summed E-state index contributed by atoms with van der Waals surface area (Å²) in [4.78, 5) is 14.7. The summed E-state index contributed by atoms with van der Waals surface area (Å²) in [6.07, 6.45) is 1.58. The van der Waals surface area contributed by atoms with Crippen molar-refractivity contribution in [2.24, 2.45) is 5.10 Å². The molecule has 5 nitrogen and oxygen atoms in total. The Hall–Kier alpha value is -4.90. The number of amides is 1. The molecule has 5 aromatic rings. The lowest BCUT2D eigenvalue weighted by Gasteiger charge is -2.25. The summed E-state index contributed by atoms with van der Waals surface area (Å²) in [6, 6.07) is 39.0. The minimum absolute atomic E-state index is 0.0809. The van der Waals surface area contributed by atoms with Crippen molar-refractivity contribution in [1.29, 1.82) is 0 Å². The van der Waals surface area contributed by atoms with Gasteiger partial charge in [0.1, 0.15) is 5.75 Å². The molecule has 0 bridgehead atoms. The molecule has 0 radical (unpaired) electrons. The Labute approximate surface area is 203 Å². The minimum Gasteiger partial charge on any atom is -0.507 e. The van der Waals surface area contributed by atoms with Gasteiger partial charge in [-0.2, -0.15) is 5.10 Å². The van der Waals surface area contributed by atoms with E-state index in [0.29, 0.717) is 0 Å². The van der Waals surface area contributed by atoms with E-state index in [9.17, 15) is 9.90 Å². The van der Waals surface area contributed by atoms with Crippen LogP contribution in [0.25, 0.3) is 10.8 Å². The van der Waals surface area contributed by atoms with Crippen molar-refractivity contribution >= 4 is 40.0 Å². The predicted octanol–water partition coefficient (Wildman–Crippen LogP) is 6.78. The summed E-state index contributed by atoms with van der Waals surface area (Å²) in [5, 5.41) is 16.1. The van der Waals surface area contributed by atoms with E-state index in [1.807, 2.05) is 84.9 Å². The number of anilines is 3. The molecule has 5 heteroatoms. The number of nitrogens with one attached hydrogen (secondary N) is 1. The second kappa shape index (κ2) is 9.93. The average Bonchev–Trinajstić information content (AvgIpc) is 2.90. The lowest BCUT2D eigenvalue weighted by atomic mass is 10.1. The molecule has 0 saturated heterocycles. The van der Waals surface area contributed by atoms with Gasteiger partial charge in [-0.05, 0) is 64.9 Å². The highest BCUT2D eigenvalue weighted by molar-refractivity contribution is 6.01. The molecule has 0 aliphatic rings. The fourth-order valence-electron chi connectivity index (χ4n) is 3.95. The molecule has 0 atom stereocenters. The molecule has 1 amide bonds. The van der Waals surface area contributed by atoms with Gasteiger partial charge in [-0.3, -0.25) is 4.79 Å². The van der Waals surface area contributed by atoms with Gasteiger partial charge >= 0.3 is 0 Å². The first-order valence-electron chi connectivity index (χ1n) is 11.2. The van der Waals surface area contributed by atoms with Gasteiger partial charge in [-0.1, -0.05) is 72.8 Å². The SMILES string of the molecule is O=C(N/N=C/c1ccc(N(c2ccccc2)c2ccccc2)cc1)c1cc2ccccc2cc1O. The molecule has 0 aliphatic heterocycles. The maximum Gasteiger partial charge on any atom is 0.275 e. The van der Waals surface area contributed by atoms with Crippen LogP contribution < -0.4 is 10.3 Å². The zero-order valence-corrected chi connectivity index (χ0v) is 18.9. The summed E-state index contributed by atoms with van der Waals surface area (Å²) in [5.41, 5.74) is 6.63. The van der Waals surface area contributed by atoms with Crippen LogP contribution in [0, 0.1) is 0 Å². The Morgan fingerprint density at radius 2 is 1.20 bits per heavy atom. The maximum atomic E-state index is 12.6. The number of para-hydroxylation sites is 2. The van der Waals surface area contributed by atoms with E-state index >= 15 is 0 Å². The van der Waals surface area contributed by atoms with E-state index in [4.69, 9.17) is 0 Å². The molecule has 5 aromatic carbocycles. The van der Waals surface area contributed by atoms with Crippen molar-refractivity contribution in [2.75, 3.05) is 4.90 Å². The Kier molecular flexibility index (Phi) is 6.22. The first-order valence-corrected chi connectivity index (χ1v) is 11.2. The van der Waals surface area contributed by atoms with Crippen LogP contribution in [-0.2, 0) is 0 Å². The van der Waals surface area contributed by atoms with Gasteiger partial charge in [0.05, 0.1) is 11.8 Å². The Balaban J connectivity index is 1.33. The van der Waals surface area contributed by atoms with Crippen LogP contribution in [0.2, 0.25) is 0 Å². The van der Waals surface area contributed by atoms with Crippen molar-refractivity contribution in [3.8, 4) is 5.75 Å². The highest BCUT2D eigenvalue weighted by Gasteiger charge is 2.13. The minimum atomic E-state index is -0.472. The first kappa shape index (κ1) is 21.9. The normalized spacial score (nSPS) is 11.0. The molecule has 0 fully saturated rings. The molecular weight excluding hydrogens is 434 g/mol. The van der Waals surface area contributed by atoms with E-state index in [2.05, 4.69) is 39.7 Å². The van der Waals surface area contributed by atoms with Crippen molar-refractivity contribution < 1.29 is 9.90 Å². The molecule has 0 aromatic heterocycles. The van der Waals surface area contributed by atoms with Gasteiger partial charge in [0.2, 0.25) is 0 Å². The number of hydrazone groups is 1. The molecule has 0 unspecified atom stereocenters. The molecule has 0 heterocycles. The van der Waals surface area contributed by atoms with Crippen molar-refractivity contribution in [3.05, 3.63) is 132 Å². The number of fused-ring (bicyclic) bond motifs is 1. The van der Waals surface area contributed by atoms with Crippen LogP contribution in [0.1, 0.15) is 15.9 Å². The highest BCUT2D eigenvalue weighted by Crippen LogP contribution is 2.34. The van der Waals surface area contributed by atoms with Gasteiger partial charge in [-0.15, -0.1) is 0 Å². The maximum absolute atomic E-state index is 12.6. The summed E-state index contributed by atoms with van der Waals surface area (Å²) < 4.78 is 0. The summed E-state index contributed by atoms with van der Waals surface area (Å²) in [7, 11) is 0. The number of carbonyl (C=O) groups is 1. The largest absolute Gasteiger partial charge is 0.507 e. The van der Waals surface area contributed by atoms with Gasteiger partial charge < -0.3 is 10.0 Å². The monoisotopic (exact) mass is 457 g/mol.